The SMILES string of the molecule is CCC(C)NC(=O)C(C)N(Cc1ccccc1C)C(=O)CN(c1ccc(Cl)c(Cl)c1)S(=O)(=O)c1ccccc1. The van der Waals surface area contributed by atoms with Crippen LogP contribution in [0.4, 0.5) is 5.69 Å². The first-order valence-corrected chi connectivity index (χ1v) is 14.8. The first-order chi connectivity index (χ1) is 18.4. The maximum atomic E-state index is 14.0. The molecule has 208 valence electrons. The molecule has 0 bridgehead atoms. The van der Waals surface area contributed by atoms with Gasteiger partial charge in [0.1, 0.15) is 12.6 Å². The summed E-state index contributed by atoms with van der Waals surface area (Å²) in [4.78, 5) is 28.5. The van der Waals surface area contributed by atoms with Gasteiger partial charge in [-0.2, -0.15) is 0 Å². The summed E-state index contributed by atoms with van der Waals surface area (Å²) < 4.78 is 28.6. The molecule has 0 heterocycles. The zero-order valence-electron chi connectivity index (χ0n) is 22.4. The van der Waals surface area contributed by atoms with E-state index in [-0.39, 0.29) is 39.1 Å². The Bertz CT molecular complexity index is 1420. The predicted molar refractivity (Wildman–Crippen MR) is 157 cm³/mol. The van der Waals surface area contributed by atoms with Gasteiger partial charge in [-0.25, -0.2) is 8.42 Å². The third kappa shape index (κ3) is 7.53. The number of nitrogens with one attached hydrogen (secondary N) is 1. The Morgan fingerprint density at radius 3 is 2.18 bits per heavy atom. The lowest BCUT2D eigenvalue weighted by atomic mass is 10.1. The molecule has 0 aliphatic rings. The molecular formula is C29H33Cl2N3O4S. The van der Waals surface area contributed by atoms with Crippen LogP contribution in [0, 0.1) is 6.92 Å². The molecule has 0 spiro atoms. The minimum absolute atomic E-state index is 0.0110. The van der Waals surface area contributed by atoms with Gasteiger partial charge in [0, 0.05) is 12.6 Å². The van der Waals surface area contributed by atoms with Gasteiger partial charge < -0.3 is 10.2 Å². The normalized spacial score (nSPS) is 12.9. The molecular weight excluding hydrogens is 557 g/mol. The Morgan fingerprint density at radius 1 is 0.923 bits per heavy atom. The van der Waals surface area contributed by atoms with Gasteiger partial charge >= 0.3 is 0 Å². The molecule has 0 radical (unpaired) electrons. The number of nitrogens with zero attached hydrogens (tertiary/aromatic N) is 2. The molecule has 10 heteroatoms. The molecule has 3 aromatic rings. The highest BCUT2D eigenvalue weighted by molar-refractivity contribution is 7.92. The summed E-state index contributed by atoms with van der Waals surface area (Å²) in [5.74, 6) is -0.867. The topological polar surface area (TPSA) is 86.8 Å². The second-order valence-electron chi connectivity index (χ2n) is 9.37. The van der Waals surface area contributed by atoms with E-state index in [2.05, 4.69) is 5.32 Å². The average Bonchev–Trinajstić information content (AvgIpc) is 2.92. The van der Waals surface area contributed by atoms with Crippen LogP contribution in [0.15, 0.2) is 77.7 Å². The van der Waals surface area contributed by atoms with E-state index in [4.69, 9.17) is 23.2 Å². The van der Waals surface area contributed by atoms with Crippen molar-refractivity contribution >= 4 is 50.7 Å². The van der Waals surface area contributed by atoms with E-state index in [9.17, 15) is 18.0 Å². The van der Waals surface area contributed by atoms with Gasteiger partial charge in [-0.15, -0.1) is 0 Å². The van der Waals surface area contributed by atoms with Crippen LogP contribution >= 0.6 is 23.2 Å². The number of hydrogen-bond acceptors (Lipinski definition) is 4. The summed E-state index contributed by atoms with van der Waals surface area (Å²) in [7, 11) is -4.18. The number of benzene rings is 3. The number of carbonyl (C=O) groups is 2. The van der Waals surface area contributed by atoms with Crippen molar-refractivity contribution in [3.8, 4) is 0 Å². The van der Waals surface area contributed by atoms with Gasteiger partial charge in [0.15, 0.2) is 0 Å². The van der Waals surface area contributed by atoms with E-state index in [1.807, 2.05) is 45.0 Å². The van der Waals surface area contributed by atoms with E-state index in [0.717, 1.165) is 21.9 Å². The van der Waals surface area contributed by atoms with Gasteiger partial charge in [0.2, 0.25) is 11.8 Å². The van der Waals surface area contributed by atoms with Crippen molar-refractivity contribution in [3.63, 3.8) is 0 Å². The lowest BCUT2D eigenvalue weighted by molar-refractivity contribution is -0.139. The largest absolute Gasteiger partial charge is 0.352 e. The standard InChI is InChI=1S/C29H33Cl2N3O4S/c1-5-21(3)32-29(36)22(4)33(18-23-12-10-9-11-20(23)2)28(35)19-34(24-15-16-26(30)27(31)17-24)39(37,38)25-13-7-6-8-14-25/h6-17,21-22H,5,18-19H2,1-4H3,(H,32,36). The molecule has 0 aromatic heterocycles. The Hall–Kier alpha value is -3.07. The second kappa shape index (κ2) is 13.3. The lowest BCUT2D eigenvalue weighted by Gasteiger charge is -2.32. The fraction of sp³-hybridized carbons (Fsp3) is 0.310. The third-order valence-corrected chi connectivity index (χ3v) is 9.10. The quantitative estimate of drug-likeness (QED) is 0.305. The summed E-state index contributed by atoms with van der Waals surface area (Å²) in [6.45, 7) is 6.97. The Kier molecular flexibility index (Phi) is 10.4. The fourth-order valence-corrected chi connectivity index (χ4v) is 5.63. The molecule has 2 atom stereocenters. The molecule has 2 amide bonds. The molecule has 0 fully saturated rings. The number of carbonyl (C=O) groups excluding carboxylic acids is 2. The molecule has 39 heavy (non-hydrogen) atoms. The first kappa shape index (κ1) is 30.5. The van der Waals surface area contributed by atoms with Gasteiger partial charge in [0.05, 0.1) is 20.6 Å². The number of anilines is 1. The van der Waals surface area contributed by atoms with Gasteiger partial charge in [-0.05, 0) is 68.7 Å². The van der Waals surface area contributed by atoms with Crippen molar-refractivity contribution < 1.29 is 18.0 Å². The van der Waals surface area contributed by atoms with Crippen LogP contribution in [0.3, 0.4) is 0 Å². The fourth-order valence-electron chi connectivity index (χ4n) is 3.91. The molecule has 3 rings (SSSR count). The molecule has 0 aliphatic carbocycles. The summed E-state index contributed by atoms with van der Waals surface area (Å²) in [5, 5.41) is 3.32. The number of amides is 2. The van der Waals surface area contributed by atoms with Crippen molar-refractivity contribution in [1.29, 1.82) is 0 Å². The minimum atomic E-state index is -4.18. The van der Waals surface area contributed by atoms with E-state index >= 15 is 0 Å². The molecule has 0 saturated carbocycles. The smallest absolute Gasteiger partial charge is 0.264 e. The molecule has 2 unspecified atom stereocenters. The highest BCUT2D eigenvalue weighted by Gasteiger charge is 2.33. The molecule has 3 aromatic carbocycles. The molecule has 1 N–H and O–H groups in total. The lowest BCUT2D eigenvalue weighted by Crippen LogP contribution is -2.52. The van der Waals surface area contributed by atoms with E-state index in [1.54, 1.807) is 25.1 Å². The van der Waals surface area contributed by atoms with Crippen molar-refractivity contribution in [3.05, 3.63) is 94.0 Å². The van der Waals surface area contributed by atoms with Crippen molar-refractivity contribution in [1.82, 2.24) is 10.2 Å². The van der Waals surface area contributed by atoms with E-state index in [1.165, 1.54) is 35.2 Å². The van der Waals surface area contributed by atoms with Crippen LogP contribution in [0.25, 0.3) is 0 Å². The maximum Gasteiger partial charge on any atom is 0.264 e. The third-order valence-electron chi connectivity index (χ3n) is 6.57. The van der Waals surface area contributed by atoms with Gasteiger partial charge in [-0.3, -0.25) is 13.9 Å². The Morgan fingerprint density at radius 2 is 1.56 bits per heavy atom. The zero-order valence-corrected chi connectivity index (χ0v) is 24.7. The number of hydrogen-bond donors (Lipinski definition) is 1. The van der Waals surface area contributed by atoms with Crippen molar-refractivity contribution in [2.24, 2.45) is 0 Å². The average molecular weight is 591 g/mol. The van der Waals surface area contributed by atoms with Crippen molar-refractivity contribution in [2.45, 2.75) is 57.6 Å². The van der Waals surface area contributed by atoms with Crippen LogP contribution in [-0.4, -0.2) is 43.8 Å². The Labute approximate surface area is 240 Å². The van der Waals surface area contributed by atoms with E-state index < -0.39 is 28.5 Å². The van der Waals surface area contributed by atoms with Crippen LogP contribution in [0.5, 0.6) is 0 Å². The first-order valence-electron chi connectivity index (χ1n) is 12.6. The van der Waals surface area contributed by atoms with Crippen LogP contribution in [0.2, 0.25) is 10.0 Å². The highest BCUT2D eigenvalue weighted by Crippen LogP contribution is 2.31. The second-order valence-corrected chi connectivity index (χ2v) is 12.0. The summed E-state index contributed by atoms with van der Waals surface area (Å²) in [6.07, 6.45) is 0.727. The summed E-state index contributed by atoms with van der Waals surface area (Å²) in [6, 6.07) is 18.8. The van der Waals surface area contributed by atoms with Gasteiger partial charge in [-0.1, -0.05) is 72.6 Å². The van der Waals surface area contributed by atoms with Crippen LogP contribution in [-0.2, 0) is 26.2 Å². The van der Waals surface area contributed by atoms with E-state index in [0.29, 0.717) is 0 Å². The van der Waals surface area contributed by atoms with Gasteiger partial charge in [0.25, 0.3) is 10.0 Å². The Balaban J connectivity index is 2.05. The maximum absolute atomic E-state index is 14.0. The number of rotatable bonds is 11. The van der Waals surface area contributed by atoms with Crippen LogP contribution < -0.4 is 9.62 Å². The summed E-state index contributed by atoms with van der Waals surface area (Å²) in [5.41, 5.74) is 1.97. The van der Waals surface area contributed by atoms with Crippen LogP contribution in [0.1, 0.15) is 38.3 Å². The highest BCUT2D eigenvalue weighted by atomic mass is 35.5. The molecule has 0 saturated heterocycles. The number of halogens is 2. The van der Waals surface area contributed by atoms with Crippen molar-refractivity contribution in [2.75, 3.05) is 10.8 Å². The predicted octanol–water partition coefficient (Wildman–Crippen LogP) is 5.83. The number of sulfonamides is 1. The zero-order chi connectivity index (χ0) is 28.7. The minimum Gasteiger partial charge on any atom is -0.352 e. The molecule has 0 aliphatic heterocycles. The monoisotopic (exact) mass is 589 g/mol. The molecule has 7 nitrogen and oxygen atoms in total. The number of aryl methyl sites for hydroxylation is 1. The summed E-state index contributed by atoms with van der Waals surface area (Å²) >= 11 is 12.3.